The van der Waals surface area contributed by atoms with Gasteiger partial charge in [-0.25, -0.2) is 4.79 Å². The van der Waals surface area contributed by atoms with Gasteiger partial charge >= 0.3 is 5.97 Å². The predicted molar refractivity (Wildman–Crippen MR) is 58.8 cm³/mol. The Morgan fingerprint density at radius 3 is 3.00 bits per heavy atom. The Bertz CT molecular complexity index is 510. The summed E-state index contributed by atoms with van der Waals surface area (Å²) < 4.78 is 0. The molecule has 0 radical (unpaired) electrons. The second-order valence-corrected chi connectivity index (χ2v) is 3.19. The molecule has 0 atom stereocenters. The summed E-state index contributed by atoms with van der Waals surface area (Å²) in [5, 5.41) is 0.897. The third-order valence-electron chi connectivity index (χ3n) is 2.08. The predicted octanol–water partition coefficient (Wildman–Crippen LogP) is 2.34. The number of fused-ring (bicyclic) bond motifs is 1. The minimum Gasteiger partial charge on any atom is -0.293 e. The maximum atomic E-state index is 11.5. The lowest BCUT2D eigenvalue weighted by molar-refractivity contribution is -0.236. The monoisotopic (exact) mass is 217 g/mol. The molecule has 2 rings (SSSR count). The van der Waals surface area contributed by atoms with E-state index in [1.54, 1.807) is 13.0 Å². The van der Waals surface area contributed by atoms with E-state index in [2.05, 4.69) is 14.8 Å². The van der Waals surface area contributed by atoms with Gasteiger partial charge in [0.25, 0.3) is 0 Å². The third kappa shape index (κ3) is 2.17. The van der Waals surface area contributed by atoms with Gasteiger partial charge in [-0.05, 0) is 19.1 Å². The Labute approximate surface area is 92.7 Å². The molecule has 4 nitrogen and oxygen atoms in total. The summed E-state index contributed by atoms with van der Waals surface area (Å²) in [5.41, 5.74) is 1.22. The summed E-state index contributed by atoms with van der Waals surface area (Å²) >= 11 is 0. The minimum absolute atomic E-state index is 0.326. The van der Waals surface area contributed by atoms with E-state index in [0.29, 0.717) is 12.2 Å². The molecule has 0 saturated heterocycles. The van der Waals surface area contributed by atoms with Crippen LogP contribution < -0.4 is 0 Å². The Morgan fingerprint density at radius 1 is 1.38 bits per heavy atom. The average Bonchev–Trinajstić information content (AvgIpc) is 2.35. The number of nitrogens with zero attached hydrogens (tertiary/aromatic N) is 1. The first-order chi connectivity index (χ1) is 7.81. The van der Waals surface area contributed by atoms with E-state index >= 15 is 0 Å². The van der Waals surface area contributed by atoms with Crippen molar-refractivity contribution in [3.05, 3.63) is 42.1 Å². The maximum absolute atomic E-state index is 11.5. The number of pyridine rings is 1. The number of carbonyl (C=O) groups excluding carboxylic acids is 1. The van der Waals surface area contributed by atoms with E-state index in [1.807, 2.05) is 24.3 Å². The summed E-state index contributed by atoms with van der Waals surface area (Å²) in [7, 11) is 0. The van der Waals surface area contributed by atoms with E-state index in [9.17, 15) is 4.79 Å². The van der Waals surface area contributed by atoms with Crippen LogP contribution >= 0.6 is 0 Å². The van der Waals surface area contributed by atoms with Gasteiger partial charge in [-0.1, -0.05) is 18.2 Å². The van der Waals surface area contributed by atoms with Crippen molar-refractivity contribution >= 4 is 16.9 Å². The molecule has 1 aromatic carbocycles. The van der Waals surface area contributed by atoms with Crippen molar-refractivity contribution in [2.45, 2.75) is 6.92 Å². The van der Waals surface area contributed by atoms with Gasteiger partial charge < -0.3 is 0 Å². The molecule has 0 N–H and O–H groups in total. The Hall–Kier alpha value is -1.94. The van der Waals surface area contributed by atoms with Crippen LogP contribution in [0.1, 0.15) is 17.3 Å². The number of para-hydroxylation sites is 1. The molecule has 0 fully saturated rings. The van der Waals surface area contributed by atoms with Crippen LogP contribution in [0, 0.1) is 0 Å². The molecule has 0 aliphatic carbocycles. The van der Waals surface area contributed by atoms with E-state index < -0.39 is 5.97 Å². The first-order valence-corrected chi connectivity index (χ1v) is 5.00. The fraction of sp³-hybridized carbons (Fsp3) is 0.167. The number of rotatable bonds is 3. The summed E-state index contributed by atoms with van der Waals surface area (Å²) in [6.07, 6.45) is 1.48. The zero-order chi connectivity index (χ0) is 11.4. The molecule has 1 heterocycles. The normalized spacial score (nSPS) is 10.3. The molecule has 0 amide bonds. The lowest BCUT2D eigenvalue weighted by atomic mass is 10.2. The summed E-state index contributed by atoms with van der Waals surface area (Å²) in [4.78, 5) is 24.7. The van der Waals surface area contributed by atoms with E-state index in [-0.39, 0.29) is 0 Å². The van der Waals surface area contributed by atoms with Gasteiger partial charge in [0.1, 0.15) is 0 Å². The highest BCUT2D eigenvalue weighted by Gasteiger charge is 2.09. The fourth-order valence-corrected chi connectivity index (χ4v) is 1.34. The molecule has 16 heavy (non-hydrogen) atoms. The smallest absolute Gasteiger partial charge is 0.293 e. The van der Waals surface area contributed by atoms with Crippen molar-refractivity contribution in [1.82, 2.24) is 4.98 Å². The Kier molecular flexibility index (Phi) is 3.12. The first kappa shape index (κ1) is 10.6. The molecule has 0 unspecified atom stereocenters. The summed E-state index contributed by atoms with van der Waals surface area (Å²) in [6.45, 7) is 2.07. The molecular formula is C12H11NO3. The van der Waals surface area contributed by atoms with Crippen molar-refractivity contribution in [2.24, 2.45) is 0 Å². The number of carbonyl (C=O) groups is 1. The number of aromatic nitrogens is 1. The Morgan fingerprint density at radius 2 is 2.19 bits per heavy atom. The molecule has 4 heteroatoms. The van der Waals surface area contributed by atoms with Crippen molar-refractivity contribution in [1.29, 1.82) is 0 Å². The second kappa shape index (κ2) is 4.72. The quantitative estimate of drug-likeness (QED) is 0.584. The van der Waals surface area contributed by atoms with Crippen molar-refractivity contribution < 1.29 is 14.6 Å². The van der Waals surface area contributed by atoms with E-state index in [1.165, 1.54) is 6.20 Å². The molecular weight excluding hydrogens is 206 g/mol. The molecule has 0 aliphatic heterocycles. The molecule has 0 aliphatic rings. The van der Waals surface area contributed by atoms with Crippen LogP contribution in [-0.2, 0) is 9.78 Å². The van der Waals surface area contributed by atoms with E-state index in [4.69, 9.17) is 0 Å². The topological polar surface area (TPSA) is 48.4 Å². The van der Waals surface area contributed by atoms with Crippen LogP contribution in [0.15, 0.2) is 36.5 Å². The highest BCUT2D eigenvalue weighted by molar-refractivity contribution is 5.93. The molecule has 0 spiro atoms. The van der Waals surface area contributed by atoms with Crippen LogP contribution in [0.5, 0.6) is 0 Å². The first-order valence-electron chi connectivity index (χ1n) is 5.00. The second-order valence-electron chi connectivity index (χ2n) is 3.19. The number of hydrogen-bond acceptors (Lipinski definition) is 4. The van der Waals surface area contributed by atoms with Gasteiger partial charge in [-0.2, -0.15) is 4.89 Å². The van der Waals surface area contributed by atoms with Crippen molar-refractivity contribution in [3.63, 3.8) is 0 Å². The van der Waals surface area contributed by atoms with Crippen LogP contribution in [0.3, 0.4) is 0 Å². The fourth-order valence-electron chi connectivity index (χ4n) is 1.34. The zero-order valence-corrected chi connectivity index (χ0v) is 8.84. The standard InChI is InChI=1S/C12H11NO3/c1-2-15-16-12(14)10-7-9-5-3-4-6-11(9)13-8-10/h3-8H,2H2,1H3. The lowest BCUT2D eigenvalue weighted by Gasteiger charge is -2.02. The summed E-state index contributed by atoms with van der Waals surface area (Å²) in [5.74, 6) is -0.528. The molecule has 0 saturated carbocycles. The number of hydrogen-bond donors (Lipinski definition) is 0. The largest absolute Gasteiger partial charge is 0.374 e. The number of benzene rings is 1. The highest BCUT2D eigenvalue weighted by atomic mass is 17.2. The van der Waals surface area contributed by atoms with Gasteiger partial charge in [0, 0.05) is 11.6 Å². The van der Waals surface area contributed by atoms with Crippen molar-refractivity contribution in [3.8, 4) is 0 Å². The average molecular weight is 217 g/mol. The van der Waals surface area contributed by atoms with Gasteiger partial charge in [-0.15, -0.1) is 0 Å². The van der Waals surface area contributed by atoms with Crippen molar-refractivity contribution in [2.75, 3.05) is 6.61 Å². The lowest BCUT2D eigenvalue weighted by Crippen LogP contribution is -2.06. The van der Waals surface area contributed by atoms with Crippen LogP contribution in [0.25, 0.3) is 10.9 Å². The minimum atomic E-state index is -0.528. The molecule has 0 bridgehead atoms. The maximum Gasteiger partial charge on any atom is 0.374 e. The van der Waals surface area contributed by atoms with Gasteiger partial charge in [0.05, 0.1) is 17.7 Å². The van der Waals surface area contributed by atoms with Gasteiger partial charge in [0.15, 0.2) is 0 Å². The van der Waals surface area contributed by atoms with Crippen LogP contribution in [0.2, 0.25) is 0 Å². The SMILES string of the molecule is CCOOC(=O)c1cnc2ccccc2c1. The summed E-state index contributed by atoms with van der Waals surface area (Å²) in [6, 6.07) is 9.28. The van der Waals surface area contributed by atoms with Gasteiger partial charge in [-0.3, -0.25) is 9.87 Å². The molecule has 2 aromatic rings. The molecule has 1 aromatic heterocycles. The zero-order valence-electron chi connectivity index (χ0n) is 8.84. The Balaban J connectivity index is 2.28. The molecule has 82 valence electrons. The van der Waals surface area contributed by atoms with Crippen LogP contribution in [-0.4, -0.2) is 17.6 Å². The van der Waals surface area contributed by atoms with Gasteiger partial charge in [0.2, 0.25) is 0 Å². The highest BCUT2D eigenvalue weighted by Crippen LogP contribution is 2.13. The van der Waals surface area contributed by atoms with E-state index in [0.717, 1.165) is 10.9 Å². The third-order valence-corrected chi connectivity index (χ3v) is 2.08. The van der Waals surface area contributed by atoms with Crippen LogP contribution in [0.4, 0.5) is 0 Å².